The van der Waals surface area contributed by atoms with Gasteiger partial charge < -0.3 is 9.80 Å². The second kappa shape index (κ2) is 6.29. The van der Waals surface area contributed by atoms with Crippen molar-refractivity contribution in [2.24, 2.45) is 0 Å². The van der Waals surface area contributed by atoms with E-state index in [9.17, 15) is 9.59 Å². The smallest absolute Gasteiger partial charge is 0.254 e. The van der Waals surface area contributed by atoms with Crippen molar-refractivity contribution in [3.8, 4) is 0 Å². The zero-order chi connectivity index (χ0) is 15.6. The maximum absolute atomic E-state index is 12.5. The van der Waals surface area contributed by atoms with Crippen molar-refractivity contribution in [2.75, 3.05) is 19.6 Å². The van der Waals surface area contributed by atoms with Crippen LogP contribution >= 0.6 is 0 Å². The van der Waals surface area contributed by atoms with Gasteiger partial charge in [0.2, 0.25) is 5.91 Å². The Kier molecular flexibility index (Phi) is 4.66. The van der Waals surface area contributed by atoms with Crippen LogP contribution in [0.5, 0.6) is 0 Å². The number of carbonyl (C=O) groups is 2. The molecule has 114 valence electrons. The summed E-state index contributed by atoms with van der Waals surface area (Å²) in [5, 5.41) is 0. The van der Waals surface area contributed by atoms with Crippen LogP contribution in [0.3, 0.4) is 0 Å². The minimum absolute atomic E-state index is 0.0309. The fourth-order valence-electron chi connectivity index (χ4n) is 2.60. The van der Waals surface area contributed by atoms with Gasteiger partial charge in [-0.2, -0.15) is 0 Å². The first-order chi connectivity index (χ1) is 9.90. The summed E-state index contributed by atoms with van der Waals surface area (Å²) in [4.78, 5) is 28.0. The van der Waals surface area contributed by atoms with E-state index in [-0.39, 0.29) is 24.4 Å². The number of hydrogen-bond donors (Lipinski definition) is 0. The third-order valence-corrected chi connectivity index (χ3v) is 3.99. The van der Waals surface area contributed by atoms with Gasteiger partial charge in [0.15, 0.2) is 0 Å². The number of amides is 2. The summed E-state index contributed by atoms with van der Waals surface area (Å²) in [5.74, 6) is 0.427. The van der Waals surface area contributed by atoms with Crippen LogP contribution in [0.25, 0.3) is 0 Å². The summed E-state index contributed by atoms with van der Waals surface area (Å²) >= 11 is 0. The molecule has 1 aromatic rings. The Morgan fingerprint density at radius 3 is 2.14 bits per heavy atom. The quantitative estimate of drug-likeness (QED) is 0.857. The maximum atomic E-state index is 12.5. The van der Waals surface area contributed by atoms with Crippen LogP contribution in [0.4, 0.5) is 0 Å². The molecule has 1 aromatic carbocycles. The second-order valence-corrected chi connectivity index (χ2v) is 6.18. The summed E-state index contributed by atoms with van der Waals surface area (Å²) in [6.45, 7) is 9.66. The van der Waals surface area contributed by atoms with Crippen LogP contribution in [0.15, 0.2) is 24.3 Å². The third-order valence-electron chi connectivity index (χ3n) is 3.99. The summed E-state index contributed by atoms with van der Waals surface area (Å²) in [6, 6.07) is 7.89. The molecule has 0 aromatic heterocycles. The van der Waals surface area contributed by atoms with Crippen LogP contribution in [-0.4, -0.2) is 47.3 Å². The summed E-state index contributed by atoms with van der Waals surface area (Å²) in [5.41, 5.74) is 1.87. The van der Waals surface area contributed by atoms with Crippen molar-refractivity contribution in [1.29, 1.82) is 0 Å². The highest BCUT2D eigenvalue weighted by Gasteiger charge is 2.28. The molecule has 1 aliphatic heterocycles. The van der Waals surface area contributed by atoms with E-state index in [1.807, 2.05) is 43.0 Å². The van der Waals surface area contributed by atoms with Gasteiger partial charge in [-0.1, -0.05) is 26.0 Å². The fraction of sp³-hybridized carbons (Fsp3) is 0.529. The first-order valence-corrected chi connectivity index (χ1v) is 7.59. The van der Waals surface area contributed by atoms with Gasteiger partial charge >= 0.3 is 0 Å². The molecular weight excluding hydrogens is 264 g/mol. The highest BCUT2D eigenvalue weighted by molar-refractivity contribution is 5.97. The molecule has 0 bridgehead atoms. The number of nitrogens with zero attached hydrogens (tertiary/aromatic N) is 2. The second-order valence-electron chi connectivity index (χ2n) is 6.18. The predicted octanol–water partition coefficient (Wildman–Crippen LogP) is 2.50. The molecule has 1 aliphatic rings. The SMILES string of the molecule is CC(C)c1ccc(C(=O)N2CCN(C(C)C)C(=O)C2)cc1. The lowest BCUT2D eigenvalue weighted by Gasteiger charge is -2.36. The van der Waals surface area contributed by atoms with E-state index >= 15 is 0 Å². The minimum atomic E-state index is -0.0536. The molecule has 1 saturated heterocycles. The Hall–Kier alpha value is -1.84. The molecule has 1 heterocycles. The highest BCUT2D eigenvalue weighted by Crippen LogP contribution is 2.17. The van der Waals surface area contributed by atoms with Gasteiger partial charge in [-0.3, -0.25) is 9.59 Å². The van der Waals surface area contributed by atoms with Gasteiger partial charge in [-0.15, -0.1) is 0 Å². The molecule has 0 atom stereocenters. The van der Waals surface area contributed by atoms with E-state index in [2.05, 4.69) is 13.8 Å². The Balaban J connectivity index is 2.06. The lowest BCUT2D eigenvalue weighted by molar-refractivity contribution is -0.136. The van der Waals surface area contributed by atoms with Gasteiger partial charge in [0.05, 0.1) is 0 Å². The first kappa shape index (κ1) is 15.5. The van der Waals surface area contributed by atoms with Crippen LogP contribution in [0.2, 0.25) is 0 Å². The van der Waals surface area contributed by atoms with E-state index in [1.54, 1.807) is 4.90 Å². The van der Waals surface area contributed by atoms with Crippen molar-refractivity contribution in [1.82, 2.24) is 9.80 Å². The van der Waals surface area contributed by atoms with Crippen LogP contribution in [-0.2, 0) is 4.79 Å². The third kappa shape index (κ3) is 3.43. The standard InChI is InChI=1S/C17H24N2O2/c1-12(2)14-5-7-15(8-6-14)17(21)18-9-10-19(13(3)4)16(20)11-18/h5-8,12-13H,9-11H2,1-4H3. The molecule has 21 heavy (non-hydrogen) atoms. The van der Waals surface area contributed by atoms with E-state index in [1.165, 1.54) is 5.56 Å². The largest absolute Gasteiger partial charge is 0.337 e. The molecule has 0 unspecified atom stereocenters. The van der Waals surface area contributed by atoms with E-state index in [4.69, 9.17) is 0 Å². The summed E-state index contributed by atoms with van der Waals surface area (Å²) < 4.78 is 0. The lowest BCUT2D eigenvalue weighted by Crippen LogP contribution is -2.54. The van der Waals surface area contributed by atoms with E-state index < -0.39 is 0 Å². The maximum Gasteiger partial charge on any atom is 0.254 e. The van der Waals surface area contributed by atoms with Gasteiger partial charge in [0, 0.05) is 24.7 Å². The molecule has 2 rings (SSSR count). The summed E-state index contributed by atoms with van der Waals surface area (Å²) in [7, 11) is 0. The first-order valence-electron chi connectivity index (χ1n) is 7.59. The number of rotatable bonds is 3. The van der Waals surface area contributed by atoms with Gasteiger partial charge in [0.25, 0.3) is 5.91 Å². The molecule has 1 fully saturated rings. The molecule has 0 aliphatic carbocycles. The Morgan fingerprint density at radius 2 is 1.67 bits per heavy atom. The average molecular weight is 288 g/mol. The zero-order valence-electron chi connectivity index (χ0n) is 13.3. The molecule has 4 heteroatoms. The Bertz CT molecular complexity index is 520. The van der Waals surface area contributed by atoms with Crippen LogP contribution in [0, 0.1) is 0 Å². The van der Waals surface area contributed by atoms with Crippen molar-refractivity contribution >= 4 is 11.8 Å². The molecule has 0 spiro atoms. The normalized spacial score (nSPS) is 16.0. The van der Waals surface area contributed by atoms with Gasteiger partial charge in [-0.05, 0) is 37.5 Å². The van der Waals surface area contributed by atoms with Crippen molar-refractivity contribution in [3.05, 3.63) is 35.4 Å². The van der Waals surface area contributed by atoms with Crippen LogP contribution < -0.4 is 0 Å². The number of piperazine rings is 1. The lowest BCUT2D eigenvalue weighted by atomic mass is 10.0. The van der Waals surface area contributed by atoms with E-state index in [0.717, 1.165) is 0 Å². The topological polar surface area (TPSA) is 40.6 Å². The van der Waals surface area contributed by atoms with Crippen molar-refractivity contribution in [2.45, 2.75) is 39.7 Å². The van der Waals surface area contributed by atoms with Gasteiger partial charge in [0.1, 0.15) is 6.54 Å². The fourth-order valence-corrected chi connectivity index (χ4v) is 2.60. The number of hydrogen-bond acceptors (Lipinski definition) is 2. The van der Waals surface area contributed by atoms with Gasteiger partial charge in [-0.25, -0.2) is 0 Å². The molecule has 2 amide bonds. The Labute approximate surface area is 126 Å². The van der Waals surface area contributed by atoms with E-state index in [0.29, 0.717) is 24.6 Å². The van der Waals surface area contributed by atoms with Crippen molar-refractivity contribution < 1.29 is 9.59 Å². The number of benzene rings is 1. The monoisotopic (exact) mass is 288 g/mol. The number of carbonyl (C=O) groups excluding carboxylic acids is 2. The average Bonchev–Trinajstić information content (AvgIpc) is 2.46. The molecule has 0 saturated carbocycles. The minimum Gasteiger partial charge on any atom is -0.337 e. The zero-order valence-corrected chi connectivity index (χ0v) is 13.3. The molecule has 0 N–H and O–H groups in total. The highest BCUT2D eigenvalue weighted by atomic mass is 16.2. The summed E-state index contributed by atoms with van der Waals surface area (Å²) in [6.07, 6.45) is 0. The molecule has 0 radical (unpaired) electrons. The van der Waals surface area contributed by atoms with Crippen molar-refractivity contribution in [3.63, 3.8) is 0 Å². The predicted molar refractivity (Wildman–Crippen MR) is 83.3 cm³/mol. The Morgan fingerprint density at radius 1 is 1.05 bits per heavy atom. The molecular formula is C17H24N2O2. The van der Waals surface area contributed by atoms with Crippen LogP contribution in [0.1, 0.15) is 49.5 Å². The molecule has 4 nitrogen and oxygen atoms in total.